The zero-order valence-corrected chi connectivity index (χ0v) is 16.4. The molecule has 0 aliphatic rings. The fourth-order valence-electron chi connectivity index (χ4n) is 2.55. The summed E-state index contributed by atoms with van der Waals surface area (Å²) in [6, 6.07) is 12.3. The van der Waals surface area contributed by atoms with Crippen molar-refractivity contribution in [1.29, 1.82) is 0 Å². The highest BCUT2D eigenvalue weighted by molar-refractivity contribution is 5.98. The van der Waals surface area contributed by atoms with Crippen LogP contribution in [-0.2, 0) is 14.3 Å². The normalized spacial score (nSPS) is 10.2. The summed E-state index contributed by atoms with van der Waals surface area (Å²) in [6.45, 7) is 5.91. The summed E-state index contributed by atoms with van der Waals surface area (Å²) >= 11 is 0. The van der Waals surface area contributed by atoms with E-state index in [2.05, 4.69) is 5.32 Å². The first-order chi connectivity index (χ1) is 13.4. The van der Waals surface area contributed by atoms with Crippen LogP contribution in [0.1, 0.15) is 41.3 Å². The molecule has 2 rings (SSSR count). The standard InChI is InChI=1S/C22H25NO5/c1-4-27-18-10-8-17(9-11-18)20(24)12-13-22(26)28-14-21(25)23-19-7-5-6-15(2)16(19)3/h5-11H,4,12-14H2,1-3H3,(H,23,25). The maximum Gasteiger partial charge on any atom is 0.306 e. The lowest BCUT2D eigenvalue weighted by atomic mass is 10.1. The monoisotopic (exact) mass is 383 g/mol. The Balaban J connectivity index is 1.75. The van der Waals surface area contributed by atoms with Crippen molar-refractivity contribution in [3.05, 3.63) is 59.2 Å². The fourth-order valence-corrected chi connectivity index (χ4v) is 2.55. The van der Waals surface area contributed by atoms with Gasteiger partial charge in [-0.1, -0.05) is 12.1 Å². The lowest BCUT2D eigenvalue weighted by Gasteiger charge is -2.10. The average Bonchev–Trinajstić information content (AvgIpc) is 2.69. The number of carbonyl (C=O) groups excluding carboxylic acids is 3. The van der Waals surface area contributed by atoms with Gasteiger partial charge in [0, 0.05) is 17.7 Å². The van der Waals surface area contributed by atoms with E-state index in [0.29, 0.717) is 23.6 Å². The number of carbonyl (C=O) groups is 3. The summed E-state index contributed by atoms with van der Waals surface area (Å²) in [7, 11) is 0. The molecule has 28 heavy (non-hydrogen) atoms. The van der Waals surface area contributed by atoms with Crippen molar-refractivity contribution in [3.63, 3.8) is 0 Å². The van der Waals surface area contributed by atoms with E-state index in [0.717, 1.165) is 11.1 Å². The molecule has 0 heterocycles. The van der Waals surface area contributed by atoms with Crippen LogP contribution >= 0.6 is 0 Å². The van der Waals surface area contributed by atoms with E-state index in [-0.39, 0.29) is 25.2 Å². The van der Waals surface area contributed by atoms with Gasteiger partial charge in [-0.15, -0.1) is 0 Å². The summed E-state index contributed by atoms with van der Waals surface area (Å²) in [5.41, 5.74) is 3.21. The lowest BCUT2D eigenvalue weighted by Crippen LogP contribution is -2.21. The van der Waals surface area contributed by atoms with Crippen LogP contribution in [0.5, 0.6) is 5.75 Å². The molecular formula is C22H25NO5. The average molecular weight is 383 g/mol. The predicted molar refractivity (Wildman–Crippen MR) is 107 cm³/mol. The molecule has 0 aromatic heterocycles. The number of hydrogen-bond donors (Lipinski definition) is 1. The molecule has 0 saturated carbocycles. The SMILES string of the molecule is CCOc1ccc(C(=O)CCC(=O)OCC(=O)Nc2cccc(C)c2C)cc1. The minimum atomic E-state index is -0.588. The highest BCUT2D eigenvalue weighted by atomic mass is 16.5. The number of rotatable bonds is 9. The summed E-state index contributed by atoms with van der Waals surface area (Å²) < 4.78 is 10.3. The number of hydrogen-bond acceptors (Lipinski definition) is 5. The number of anilines is 1. The number of esters is 1. The molecule has 2 aromatic carbocycles. The molecule has 6 nitrogen and oxygen atoms in total. The number of benzene rings is 2. The van der Waals surface area contributed by atoms with E-state index in [1.807, 2.05) is 32.9 Å². The number of amides is 1. The Morgan fingerprint density at radius 1 is 0.964 bits per heavy atom. The van der Waals surface area contributed by atoms with Crippen molar-refractivity contribution in [2.24, 2.45) is 0 Å². The highest BCUT2D eigenvalue weighted by Gasteiger charge is 2.13. The second-order valence-electron chi connectivity index (χ2n) is 6.34. The maximum absolute atomic E-state index is 12.1. The topological polar surface area (TPSA) is 81.7 Å². The van der Waals surface area contributed by atoms with E-state index in [9.17, 15) is 14.4 Å². The van der Waals surface area contributed by atoms with Crippen molar-refractivity contribution in [2.45, 2.75) is 33.6 Å². The summed E-state index contributed by atoms with van der Waals surface area (Å²) in [4.78, 5) is 35.9. The number of ketones is 1. The summed E-state index contributed by atoms with van der Waals surface area (Å²) in [5.74, 6) is -0.483. The number of Topliss-reactive ketones (excluding diaryl/α,β-unsaturated/α-hetero) is 1. The molecule has 6 heteroatoms. The molecule has 0 aliphatic heterocycles. The van der Waals surface area contributed by atoms with Crippen molar-refractivity contribution in [1.82, 2.24) is 0 Å². The van der Waals surface area contributed by atoms with E-state index in [1.54, 1.807) is 30.3 Å². The van der Waals surface area contributed by atoms with Crippen LogP contribution in [0.25, 0.3) is 0 Å². The van der Waals surface area contributed by atoms with Crippen LogP contribution in [0.3, 0.4) is 0 Å². The van der Waals surface area contributed by atoms with Crippen molar-refractivity contribution in [3.8, 4) is 5.75 Å². The molecule has 0 spiro atoms. The lowest BCUT2D eigenvalue weighted by molar-refractivity contribution is -0.147. The molecule has 0 radical (unpaired) electrons. The molecule has 0 saturated heterocycles. The predicted octanol–water partition coefficient (Wildman–Crippen LogP) is 3.85. The molecule has 2 aromatic rings. The smallest absolute Gasteiger partial charge is 0.306 e. The minimum absolute atomic E-state index is 0.0193. The molecule has 0 aliphatic carbocycles. The van der Waals surface area contributed by atoms with Crippen LogP contribution in [0.15, 0.2) is 42.5 Å². The molecule has 0 unspecified atom stereocenters. The number of aryl methyl sites for hydroxylation is 1. The van der Waals surface area contributed by atoms with Crippen LogP contribution in [0.4, 0.5) is 5.69 Å². The zero-order chi connectivity index (χ0) is 20.5. The third-order valence-corrected chi connectivity index (χ3v) is 4.29. The van der Waals surface area contributed by atoms with Gasteiger partial charge in [-0.05, 0) is 62.2 Å². The second kappa shape index (κ2) is 10.3. The molecule has 1 amide bonds. The zero-order valence-electron chi connectivity index (χ0n) is 16.4. The van der Waals surface area contributed by atoms with Crippen LogP contribution in [0, 0.1) is 13.8 Å². The van der Waals surface area contributed by atoms with Gasteiger partial charge in [0.25, 0.3) is 5.91 Å². The Morgan fingerprint density at radius 2 is 1.68 bits per heavy atom. The third-order valence-electron chi connectivity index (χ3n) is 4.29. The van der Waals surface area contributed by atoms with E-state index in [1.165, 1.54) is 0 Å². The van der Waals surface area contributed by atoms with Gasteiger partial charge in [0.2, 0.25) is 0 Å². The fraction of sp³-hybridized carbons (Fsp3) is 0.318. The van der Waals surface area contributed by atoms with Gasteiger partial charge >= 0.3 is 5.97 Å². The first-order valence-corrected chi connectivity index (χ1v) is 9.18. The summed E-state index contributed by atoms with van der Waals surface area (Å²) in [6.07, 6.45) is -0.0613. The number of nitrogens with one attached hydrogen (secondary N) is 1. The van der Waals surface area contributed by atoms with Gasteiger partial charge in [0.15, 0.2) is 12.4 Å². The second-order valence-corrected chi connectivity index (χ2v) is 6.34. The van der Waals surface area contributed by atoms with Gasteiger partial charge in [0.1, 0.15) is 5.75 Å². The largest absolute Gasteiger partial charge is 0.494 e. The minimum Gasteiger partial charge on any atom is -0.494 e. The molecular weight excluding hydrogens is 358 g/mol. The van der Waals surface area contributed by atoms with Gasteiger partial charge in [0.05, 0.1) is 13.0 Å². The van der Waals surface area contributed by atoms with E-state index < -0.39 is 11.9 Å². The van der Waals surface area contributed by atoms with Crippen LogP contribution in [0.2, 0.25) is 0 Å². The number of ether oxygens (including phenoxy) is 2. The Bertz CT molecular complexity index is 843. The van der Waals surface area contributed by atoms with Gasteiger partial charge < -0.3 is 14.8 Å². The highest BCUT2D eigenvalue weighted by Crippen LogP contribution is 2.18. The van der Waals surface area contributed by atoms with Gasteiger partial charge in [-0.25, -0.2) is 0 Å². The Hall–Kier alpha value is -3.15. The van der Waals surface area contributed by atoms with Gasteiger partial charge in [-0.2, -0.15) is 0 Å². The van der Waals surface area contributed by atoms with Gasteiger partial charge in [-0.3, -0.25) is 14.4 Å². The van der Waals surface area contributed by atoms with Crippen LogP contribution < -0.4 is 10.1 Å². The quantitative estimate of drug-likeness (QED) is 0.525. The molecule has 148 valence electrons. The molecule has 0 fully saturated rings. The molecule has 0 atom stereocenters. The van der Waals surface area contributed by atoms with Crippen molar-refractivity contribution in [2.75, 3.05) is 18.5 Å². The van der Waals surface area contributed by atoms with E-state index >= 15 is 0 Å². The Morgan fingerprint density at radius 3 is 2.36 bits per heavy atom. The van der Waals surface area contributed by atoms with Crippen LogP contribution in [-0.4, -0.2) is 30.9 Å². The maximum atomic E-state index is 12.1. The Labute approximate surface area is 164 Å². The third kappa shape index (κ3) is 6.23. The molecule has 1 N–H and O–H groups in total. The Kier molecular flexibility index (Phi) is 7.75. The van der Waals surface area contributed by atoms with E-state index in [4.69, 9.17) is 9.47 Å². The summed E-state index contributed by atoms with van der Waals surface area (Å²) in [5, 5.41) is 2.72. The first-order valence-electron chi connectivity index (χ1n) is 9.18. The molecule has 0 bridgehead atoms. The first kappa shape index (κ1) is 21.2. The van der Waals surface area contributed by atoms with Crippen molar-refractivity contribution < 1.29 is 23.9 Å². The van der Waals surface area contributed by atoms with Crippen molar-refractivity contribution >= 4 is 23.3 Å².